The molecule has 2 N–H and O–H groups in total. The second-order valence-corrected chi connectivity index (χ2v) is 7.16. The van der Waals surface area contributed by atoms with Gasteiger partial charge in [-0.1, -0.05) is 23.7 Å². The van der Waals surface area contributed by atoms with E-state index in [1.165, 1.54) is 0 Å². The van der Waals surface area contributed by atoms with Gasteiger partial charge in [-0.25, -0.2) is 4.98 Å². The van der Waals surface area contributed by atoms with Crippen molar-refractivity contribution in [1.29, 1.82) is 0 Å². The lowest BCUT2D eigenvalue weighted by Crippen LogP contribution is -2.62. The van der Waals surface area contributed by atoms with E-state index in [0.717, 1.165) is 36.6 Å². The lowest BCUT2D eigenvalue weighted by Gasteiger charge is -2.41. The highest BCUT2D eigenvalue weighted by Gasteiger charge is 2.43. The van der Waals surface area contributed by atoms with Crippen LogP contribution in [0.25, 0.3) is 0 Å². The molecule has 0 atom stereocenters. The smallest absolute Gasteiger partial charge is 0.229 e. The summed E-state index contributed by atoms with van der Waals surface area (Å²) in [5.74, 6) is 1.81. The van der Waals surface area contributed by atoms with Crippen molar-refractivity contribution >= 4 is 17.5 Å². The number of rotatable bonds is 7. The first-order chi connectivity index (χ1) is 12.0. The fraction of sp³-hybridized carbons (Fsp3) is 0.500. The van der Waals surface area contributed by atoms with Crippen molar-refractivity contribution in [1.82, 2.24) is 25.4 Å². The molecule has 2 aromatic rings. The quantitative estimate of drug-likeness (QED) is 0.739. The van der Waals surface area contributed by atoms with E-state index in [0.29, 0.717) is 24.7 Å². The second-order valence-electron chi connectivity index (χ2n) is 6.73. The molecule has 1 saturated heterocycles. The Morgan fingerprint density at radius 2 is 2.04 bits per heavy atom. The molecule has 6 nitrogen and oxygen atoms in total. The molecule has 1 fully saturated rings. The van der Waals surface area contributed by atoms with E-state index in [1.54, 1.807) is 0 Å². The number of nitrogens with one attached hydrogen (secondary N) is 2. The maximum absolute atomic E-state index is 12.7. The van der Waals surface area contributed by atoms with E-state index in [2.05, 4.69) is 20.7 Å². The van der Waals surface area contributed by atoms with Crippen LogP contribution in [-0.2, 0) is 17.8 Å². The first kappa shape index (κ1) is 17.9. The molecule has 3 rings (SSSR count). The van der Waals surface area contributed by atoms with Gasteiger partial charge in [0, 0.05) is 31.2 Å². The van der Waals surface area contributed by atoms with Gasteiger partial charge in [0.2, 0.25) is 5.91 Å². The molecule has 1 amide bonds. The van der Waals surface area contributed by atoms with Gasteiger partial charge in [0.05, 0.1) is 5.41 Å². The second kappa shape index (κ2) is 7.54. The predicted octanol–water partition coefficient (Wildman–Crippen LogP) is 1.89. The topological polar surface area (TPSA) is 71.8 Å². The van der Waals surface area contributed by atoms with Crippen LogP contribution in [0.15, 0.2) is 24.3 Å². The van der Waals surface area contributed by atoms with Crippen LogP contribution < -0.4 is 10.6 Å². The average Bonchev–Trinajstić information content (AvgIpc) is 2.87. The monoisotopic (exact) mass is 361 g/mol. The summed E-state index contributed by atoms with van der Waals surface area (Å²) in [6.07, 6.45) is 1.56. The summed E-state index contributed by atoms with van der Waals surface area (Å²) in [6.45, 7) is 6.65. The molecule has 1 aliphatic rings. The minimum Gasteiger partial charge on any atom is -0.355 e. The average molecular weight is 362 g/mol. The number of nitrogens with zero attached hydrogens (tertiary/aromatic N) is 3. The summed E-state index contributed by atoms with van der Waals surface area (Å²) < 4.78 is 1.88. The van der Waals surface area contributed by atoms with E-state index in [4.69, 9.17) is 11.6 Å². The van der Waals surface area contributed by atoms with Gasteiger partial charge in [0.1, 0.15) is 11.6 Å². The summed E-state index contributed by atoms with van der Waals surface area (Å²) in [5.41, 5.74) is 0.780. The van der Waals surface area contributed by atoms with Crippen molar-refractivity contribution in [2.45, 2.75) is 33.2 Å². The van der Waals surface area contributed by atoms with E-state index in [1.807, 2.05) is 42.8 Å². The number of amides is 1. The molecule has 0 aliphatic carbocycles. The van der Waals surface area contributed by atoms with Gasteiger partial charge >= 0.3 is 0 Å². The minimum absolute atomic E-state index is 0.118. The third-order valence-corrected chi connectivity index (χ3v) is 4.91. The number of benzene rings is 1. The zero-order valence-electron chi connectivity index (χ0n) is 14.7. The molecule has 1 aromatic heterocycles. The lowest BCUT2D eigenvalue weighted by molar-refractivity contribution is -0.133. The summed E-state index contributed by atoms with van der Waals surface area (Å²) >= 11 is 5.94. The molecule has 0 spiro atoms. The normalized spacial score (nSPS) is 15.6. The highest BCUT2D eigenvalue weighted by Crippen LogP contribution is 2.28. The number of aromatic nitrogens is 3. The van der Waals surface area contributed by atoms with Crippen LogP contribution in [0.2, 0.25) is 5.02 Å². The number of hydrogen-bond acceptors (Lipinski definition) is 4. The van der Waals surface area contributed by atoms with E-state index >= 15 is 0 Å². The van der Waals surface area contributed by atoms with Crippen LogP contribution in [-0.4, -0.2) is 40.3 Å². The summed E-state index contributed by atoms with van der Waals surface area (Å²) in [7, 11) is 0. The Kier molecular flexibility index (Phi) is 5.39. The molecular weight excluding hydrogens is 338 g/mol. The Morgan fingerprint density at radius 1 is 1.32 bits per heavy atom. The van der Waals surface area contributed by atoms with Gasteiger partial charge in [-0.2, -0.15) is 5.10 Å². The fourth-order valence-corrected chi connectivity index (χ4v) is 3.30. The molecule has 7 heteroatoms. The zero-order chi connectivity index (χ0) is 17.9. The van der Waals surface area contributed by atoms with Crippen LogP contribution in [0.4, 0.5) is 0 Å². The Morgan fingerprint density at radius 3 is 2.60 bits per heavy atom. The van der Waals surface area contributed by atoms with Gasteiger partial charge in [-0.05, 0) is 44.4 Å². The van der Waals surface area contributed by atoms with E-state index in [-0.39, 0.29) is 11.3 Å². The molecule has 1 aromatic carbocycles. The Balaban J connectivity index is 1.50. The first-order valence-corrected chi connectivity index (χ1v) is 8.98. The predicted molar refractivity (Wildman–Crippen MR) is 97.6 cm³/mol. The van der Waals surface area contributed by atoms with Gasteiger partial charge in [0.15, 0.2) is 0 Å². The number of hydrogen-bond donors (Lipinski definition) is 2. The summed E-state index contributed by atoms with van der Waals surface area (Å²) in [6, 6.07) is 7.73. The van der Waals surface area contributed by atoms with Crippen molar-refractivity contribution in [3.05, 3.63) is 46.5 Å². The van der Waals surface area contributed by atoms with Crippen LogP contribution in [0.3, 0.4) is 0 Å². The third kappa shape index (κ3) is 4.19. The maximum atomic E-state index is 12.7. The van der Waals surface area contributed by atoms with Crippen LogP contribution in [0.5, 0.6) is 0 Å². The molecule has 2 heterocycles. The van der Waals surface area contributed by atoms with Crippen molar-refractivity contribution in [3.63, 3.8) is 0 Å². The highest BCUT2D eigenvalue weighted by atomic mass is 35.5. The van der Waals surface area contributed by atoms with Crippen molar-refractivity contribution in [3.8, 4) is 0 Å². The van der Waals surface area contributed by atoms with Crippen molar-refractivity contribution in [2.75, 3.05) is 19.6 Å². The van der Waals surface area contributed by atoms with Crippen molar-refractivity contribution in [2.24, 2.45) is 5.41 Å². The Bertz CT molecular complexity index is 736. The van der Waals surface area contributed by atoms with Crippen LogP contribution in [0, 0.1) is 19.3 Å². The molecule has 0 radical (unpaired) electrons. The standard InChI is InChI=1S/C18H24ClN5O/c1-13-22-14(2)24(23-13)9-3-8-21-17(25)18(11-20-12-18)10-15-4-6-16(19)7-5-15/h4-7,20H,3,8-12H2,1-2H3,(H,21,25). The van der Waals surface area contributed by atoms with E-state index < -0.39 is 0 Å². The molecular formula is C18H24ClN5O. The molecule has 0 bridgehead atoms. The van der Waals surface area contributed by atoms with Gasteiger partial charge in [-0.3, -0.25) is 9.48 Å². The lowest BCUT2D eigenvalue weighted by atomic mass is 9.75. The maximum Gasteiger partial charge on any atom is 0.229 e. The number of halogens is 1. The van der Waals surface area contributed by atoms with Crippen LogP contribution in [0.1, 0.15) is 23.6 Å². The first-order valence-electron chi connectivity index (χ1n) is 8.60. The number of carbonyl (C=O) groups is 1. The minimum atomic E-state index is -0.354. The van der Waals surface area contributed by atoms with Crippen molar-refractivity contribution < 1.29 is 4.79 Å². The molecule has 134 valence electrons. The number of aryl methyl sites for hydroxylation is 3. The molecule has 0 unspecified atom stereocenters. The third-order valence-electron chi connectivity index (χ3n) is 4.66. The fourth-order valence-electron chi connectivity index (χ4n) is 3.18. The summed E-state index contributed by atoms with van der Waals surface area (Å²) in [5, 5.41) is 11.4. The largest absolute Gasteiger partial charge is 0.355 e. The number of carbonyl (C=O) groups excluding carboxylic acids is 1. The molecule has 1 aliphatic heterocycles. The highest BCUT2D eigenvalue weighted by molar-refractivity contribution is 6.30. The van der Waals surface area contributed by atoms with E-state index in [9.17, 15) is 4.79 Å². The van der Waals surface area contributed by atoms with Gasteiger partial charge < -0.3 is 10.6 Å². The SMILES string of the molecule is Cc1nc(C)n(CCCNC(=O)C2(Cc3ccc(Cl)cc3)CNC2)n1. The van der Waals surface area contributed by atoms with Gasteiger partial charge in [0.25, 0.3) is 0 Å². The Labute approximate surface area is 153 Å². The summed E-state index contributed by atoms with van der Waals surface area (Å²) in [4.78, 5) is 17.0. The Hall–Kier alpha value is -1.92. The van der Waals surface area contributed by atoms with Crippen LogP contribution >= 0.6 is 11.6 Å². The van der Waals surface area contributed by atoms with Gasteiger partial charge in [-0.15, -0.1) is 0 Å². The zero-order valence-corrected chi connectivity index (χ0v) is 15.4. The molecule has 0 saturated carbocycles. The molecule has 25 heavy (non-hydrogen) atoms.